The molecular formula is C21H19F3N2O2. The first-order valence-corrected chi connectivity index (χ1v) is 9.08. The van der Waals surface area contributed by atoms with Gasteiger partial charge in [0.15, 0.2) is 0 Å². The van der Waals surface area contributed by atoms with Crippen LogP contribution in [0.4, 0.5) is 18.0 Å². The van der Waals surface area contributed by atoms with Crippen molar-refractivity contribution in [3.63, 3.8) is 0 Å². The van der Waals surface area contributed by atoms with Gasteiger partial charge in [-0.3, -0.25) is 0 Å². The number of H-pyrrole nitrogens is 1. The van der Waals surface area contributed by atoms with Gasteiger partial charge in [-0.2, -0.15) is 13.2 Å². The highest BCUT2D eigenvalue weighted by molar-refractivity contribution is 5.86. The second kappa shape index (κ2) is 7.22. The molecule has 1 atom stereocenters. The van der Waals surface area contributed by atoms with E-state index in [2.05, 4.69) is 10.3 Å². The number of halogens is 3. The van der Waals surface area contributed by atoms with Gasteiger partial charge in [0.05, 0.1) is 5.56 Å². The number of alkyl carbamates (subject to hydrolysis) is 1. The van der Waals surface area contributed by atoms with E-state index in [1.165, 1.54) is 12.1 Å². The highest BCUT2D eigenvalue weighted by Crippen LogP contribution is 2.35. The molecule has 2 N–H and O–H groups in total. The molecule has 1 heterocycles. The van der Waals surface area contributed by atoms with Crippen molar-refractivity contribution in [1.29, 1.82) is 0 Å². The molecule has 0 fully saturated rings. The molecule has 0 spiro atoms. The van der Waals surface area contributed by atoms with Crippen molar-refractivity contribution in [2.45, 2.75) is 38.1 Å². The Kier molecular flexibility index (Phi) is 4.75. The highest BCUT2D eigenvalue weighted by Gasteiger charge is 2.32. The molecule has 0 bridgehead atoms. The summed E-state index contributed by atoms with van der Waals surface area (Å²) in [6.45, 7) is 0.173. The average molecular weight is 388 g/mol. The first kappa shape index (κ1) is 18.4. The zero-order chi connectivity index (χ0) is 19.7. The lowest BCUT2D eigenvalue weighted by molar-refractivity contribution is -0.137. The van der Waals surface area contributed by atoms with E-state index in [1.807, 2.05) is 30.3 Å². The van der Waals surface area contributed by atoms with Crippen molar-refractivity contribution < 1.29 is 22.7 Å². The lowest BCUT2D eigenvalue weighted by Gasteiger charge is -2.23. The third kappa shape index (κ3) is 3.83. The number of benzene rings is 2. The number of rotatable bonds is 3. The van der Waals surface area contributed by atoms with Gasteiger partial charge in [0.1, 0.15) is 6.61 Å². The number of amides is 1. The number of fused-ring (bicyclic) bond motifs is 3. The number of hydrogen-bond acceptors (Lipinski definition) is 2. The van der Waals surface area contributed by atoms with Crippen LogP contribution in [0.2, 0.25) is 0 Å². The zero-order valence-electron chi connectivity index (χ0n) is 15.0. The Bertz CT molecular complexity index is 996. The van der Waals surface area contributed by atoms with E-state index in [9.17, 15) is 18.0 Å². The Labute approximate surface area is 159 Å². The third-order valence-corrected chi connectivity index (χ3v) is 5.05. The first-order chi connectivity index (χ1) is 13.4. The number of aromatic nitrogens is 1. The quantitative estimate of drug-likeness (QED) is 0.666. The molecule has 146 valence electrons. The summed E-state index contributed by atoms with van der Waals surface area (Å²) in [4.78, 5) is 15.3. The van der Waals surface area contributed by atoms with E-state index in [-0.39, 0.29) is 12.6 Å². The van der Waals surface area contributed by atoms with E-state index in [4.69, 9.17) is 4.74 Å². The van der Waals surface area contributed by atoms with Crippen LogP contribution >= 0.6 is 0 Å². The number of carbonyl (C=O) groups is 1. The molecule has 4 rings (SSSR count). The standard InChI is InChI=1S/C21H19F3N2O2/c22-21(23,24)14-6-8-18-16(10-14)17-11-15(7-9-19(17)26-18)25-20(27)28-12-13-4-2-1-3-5-13/h1-6,8,10,15,26H,7,9,11-12H2,(H,25,27). The van der Waals surface area contributed by atoms with E-state index in [0.29, 0.717) is 30.2 Å². The van der Waals surface area contributed by atoms with Gasteiger partial charge in [0.2, 0.25) is 0 Å². The van der Waals surface area contributed by atoms with Gasteiger partial charge in [0.25, 0.3) is 0 Å². The van der Waals surface area contributed by atoms with Gasteiger partial charge >= 0.3 is 12.3 Å². The average Bonchev–Trinajstić information content (AvgIpc) is 3.04. The summed E-state index contributed by atoms with van der Waals surface area (Å²) >= 11 is 0. The Morgan fingerprint density at radius 1 is 1.18 bits per heavy atom. The summed E-state index contributed by atoms with van der Waals surface area (Å²) in [6, 6.07) is 12.9. The molecule has 1 aliphatic carbocycles. The molecule has 1 aromatic heterocycles. The minimum Gasteiger partial charge on any atom is -0.445 e. The maximum Gasteiger partial charge on any atom is 0.416 e. The van der Waals surface area contributed by atoms with E-state index < -0.39 is 17.8 Å². The van der Waals surface area contributed by atoms with Crippen molar-refractivity contribution in [3.05, 3.63) is 70.9 Å². The van der Waals surface area contributed by atoms with Crippen LogP contribution in [0, 0.1) is 0 Å². The van der Waals surface area contributed by atoms with Crippen molar-refractivity contribution in [3.8, 4) is 0 Å². The molecule has 0 radical (unpaired) electrons. The van der Waals surface area contributed by atoms with E-state index in [1.54, 1.807) is 0 Å². The van der Waals surface area contributed by atoms with Crippen molar-refractivity contribution in [2.75, 3.05) is 0 Å². The van der Waals surface area contributed by atoms with Crippen molar-refractivity contribution >= 4 is 17.0 Å². The van der Waals surface area contributed by atoms with Crippen LogP contribution < -0.4 is 5.32 Å². The second-order valence-corrected chi connectivity index (χ2v) is 6.99. The molecule has 1 unspecified atom stereocenters. The van der Waals surface area contributed by atoms with E-state index >= 15 is 0 Å². The predicted molar refractivity (Wildman–Crippen MR) is 98.9 cm³/mol. The molecule has 0 aliphatic heterocycles. The minimum atomic E-state index is -4.38. The summed E-state index contributed by atoms with van der Waals surface area (Å²) in [5.74, 6) is 0. The fraction of sp³-hybridized carbons (Fsp3) is 0.286. The number of ether oxygens (including phenoxy) is 1. The van der Waals surface area contributed by atoms with Crippen LogP contribution in [-0.2, 0) is 30.4 Å². The maximum atomic E-state index is 13.0. The number of nitrogens with one attached hydrogen (secondary N) is 2. The lowest BCUT2D eigenvalue weighted by atomic mass is 9.91. The first-order valence-electron chi connectivity index (χ1n) is 9.08. The Balaban J connectivity index is 1.45. The summed E-state index contributed by atoms with van der Waals surface area (Å²) in [7, 11) is 0. The van der Waals surface area contributed by atoms with Crippen LogP contribution in [0.15, 0.2) is 48.5 Å². The van der Waals surface area contributed by atoms with Crippen LogP contribution in [0.25, 0.3) is 10.9 Å². The van der Waals surface area contributed by atoms with Gasteiger partial charge in [-0.15, -0.1) is 0 Å². The molecule has 28 heavy (non-hydrogen) atoms. The van der Waals surface area contributed by atoms with Gasteiger partial charge in [-0.05, 0) is 48.6 Å². The minimum absolute atomic E-state index is 0.173. The van der Waals surface area contributed by atoms with Gasteiger partial charge in [0, 0.05) is 22.6 Å². The van der Waals surface area contributed by atoms with Crippen molar-refractivity contribution in [1.82, 2.24) is 10.3 Å². The van der Waals surface area contributed by atoms with Gasteiger partial charge in [-0.25, -0.2) is 4.79 Å². The summed E-state index contributed by atoms with van der Waals surface area (Å²) in [6.07, 6.45) is -3.07. The van der Waals surface area contributed by atoms with Gasteiger partial charge in [-0.1, -0.05) is 30.3 Å². The molecule has 2 aromatic carbocycles. The largest absolute Gasteiger partial charge is 0.445 e. The fourth-order valence-corrected chi connectivity index (χ4v) is 3.65. The molecule has 7 heteroatoms. The smallest absolute Gasteiger partial charge is 0.416 e. The molecule has 4 nitrogen and oxygen atoms in total. The number of aromatic amines is 1. The normalized spacial score (nSPS) is 16.6. The SMILES string of the molecule is O=C(NC1CCc2[nH]c3ccc(C(F)(F)F)cc3c2C1)OCc1ccccc1. The third-order valence-electron chi connectivity index (χ3n) is 5.05. The van der Waals surface area contributed by atoms with Gasteiger partial charge < -0.3 is 15.0 Å². The lowest BCUT2D eigenvalue weighted by Crippen LogP contribution is -2.39. The molecule has 0 saturated carbocycles. The summed E-state index contributed by atoms with van der Waals surface area (Å²) in [5, 5.41) is 3.40. The molecule has 3 aromatic rings. The number of carbonyl (C=O) groups excluding carboxylic acids is 1. The number of alkyl halides is 3. The Morgan fingerprint density at radius 3 is 2.71 bits per heavy atom. The van der Waals surface area contributed by atoms with Crippen molar-refractivity contribution in [2.24, 2.45) is 0 Å². The molecule has 1 amide bonds. The van der Waals surface area contributed by atoms with E-state index in [0.717, 1.165) is 22.9 Å². The number of hydrogen-bond donors (Lipinski definition) is 2. The van der Waals surface area contributed by atoms with Crippen LogP contribution in [0.5, 0.6) is 0 Å². The fourth-order valence-electron chi connectivity index (χ4n) is 3.65. The second-order valence-electron chi connectivity index (χ2n) is 6.99. The highest BCUT2D eigenvalue weighted by atomic mass is 19.4. The molecule has 1 aliphatic rings. The summed E-state index contributed by atoms with van der Waals surface area (Å²) in [5.41, 5.74) is 2.68. The summed E-state index contributed by atoms with van der Waals surface area (Å²) < 4.78 is 44.4. The number of aryl methyl sites for hydroxylation is 1. The topological polar surface area (TPSA) is 54.1 Å². The van der Waals surface area contributed by atoms with Crippen LogP contribution in [-0.4, -0.2) is 17.1 Å². The van der Waals surface area contributed by atoms with Crippen LogP contribution in [0.1, 0.15) is 28.8 Å². The monoisotopic (exact) mass is 388 g/mol. The Hall–Kier alpha value is -2.96. The Morgan fingerprint density at radius 2 is 1.96 bits per heavy atom. The molecular weight excluding hydrogens is 369 g/mol. The zero-order valence-corrected chi connectivity index (χ0v) is 15.0. The predicted octanol–water partition coefficient (Wildman–Crippen LogP) is 4.97. The molecule has 0 saturated heterocycles. The van der Waals surface area contributed by atoms with Crippen LogP contribution in [0.3, 0.4) is 0 Å². The maximum absolute atomic E-state index is 13.0.